The Morgan fingerprint density at radius 1 is 1.20 bits per heavy atom. The van der Waals surface area contributed by atoms with Gasteiger partial charge in [0, 0.05) is 12.6 Å². The molecule has 1 saturated heterocycles. The molecule has 1 aliphatic heterocycles. The molecule has 0 bridgehead atoms. The van der Waals surface area contributed by atoms with Gasteiger partial charge >= 0.3 is 0 Å². The maximum atomic E-state index is 3.52. The molecular weight excluding hydrogens is 184 g/mol. The molecule has 1 saturated carbocycles. The first-order chi connectivity index (χ1) is 7.29. The van der Waals surface area contributed by atoms with Crippen LogP contribution in [0.25, 0.3) is 0 Å². The van der Waals surface area contributed by atoms with Crippen molar-refractivity contribution in [3.05, 3.63) is 0 Å². The summed E-state index contributed by atoms with van der Waals surface area (Å²) in [6, 6.07) is 0.779. The Morgan fingerprint density at radius 3 is 2.60 bits per heavy atom. The summed E-state index contributed by atoms with van der Waals surface area (Å²) in [5, 5.41) is 3.52. The van der Waals surface area contributed by atoms with Crippen LogP contribution >= 0.6 is 0 Å². The van der Waals surface area contributed by atoms with Crippen LogP contribution < -0.4 is 5.32 Å². The van der Waals surface area contributed by atoms with Gasteiger partial charge in [-0.1, -0.05) is 6.92 Å². The Labute approximate surface area is 94.4 Å². The molecule has 2 heteroatoms. The molecular formula is C13H26N2. The lowest BCUT2D eigenvalue weighted by Crippen LogP contribution is -2.43. The third kappa shape index (κ3) is 2.94. The first kappa shape index (κ1) is 11.4. The van der Waals surface area contributed by atoms with E-state index in [1.54, 1.807) is 0 Å². The van der Waals surface area contributed by atoms with Crippen molar-refractivity contribution in [1.29, 1.82) is 0 Å². The smallest absolute Gasteiger partial charge is 0.0105 e. The van der Waals surface area contributed by atoms with Crippen molar-refractivity contribution < 1.29 is 0 Å². The van der Waals surface area contributed by atoms with E-state index in [0.29, 0.717) is 0 Å². The second-order valence-electron chi connectivity index (χ2n) is 5.58. The van der Waals surface area contributed by atoms with Gasteiger partial charge in [-0.2, -0.15) is 0 Å². The number of hydrogen-bond donors (Lipinski definition) is 1. The average Bonchev–Trinajstić information content (AvgIpc) is 2.71. The highest BCUT2D eigenvalue weighted by atomic mass is 15.1. The van der Waals surface area contributed by atoms with E-state index < -0.39 is 0 Å². The Hall–Kier alpha value is -0.0800. The van der Waals surface area contributed by atoms with Crippen molar-refractivity contribution in [3.63, 3.8) is 0 Å². The Balaban J connectivity index is 1.85. The molecule has 0 aromatic heterocycles. The zero-order chi connectivity index (χ0) is 10.7. The molecule has 2 aliphatic rings. The van der Waals surface area contributed by atoms with E-state index in [1.807, 2.05) is 0 Å². The van der Waals surface area contributed by atoms with Gasteiger partial charge < -0.3 is 10.2 Å². The summed E-state index contributed by atoms with van der Waals surface area (Å²) >= 11 is 0. The molecule has 0 spiro atoms. The second kappa shape index (κ2) is 5.31. The first-order valence-electron chi connectivity index (χ1n) is 6.69. The highest BCUT2D eigenvalue weighted by Gasteiger charge is 2.29. The lowest BCUT2D eigenvalue weighted by atomic mass is 9.78. The normalized spacial score (nSPS) is 38.4. The van der Waals surface area contributed by atoms with Crippen LogP contribution in [0, 0.1) is 11.8 Å². The van der Waals surface area contributed by atoms with Gasteiger partial charge in [0.25, 0.3) is 0 Å². The number of hydrogen-bond acceptors (Lipinski definition) is 2. The van der Waals surface area contributed by atoms with E-state index in [1.165, 1.54) is 51.7 Å². The molecule has 0 aromatic carbocycles. The van der Waals surface area contributed by atoms with Gasteiger partial charge in [0.15, 0.2) is 0 Å². The fraction of sp³-hybridized carbons (Fsp3) is 1.00. The Morgan fingerprint density at radius 2 is 1.93 bits per heavy atom. The van der Waals surface area contributed by atoms with Gasteiger partial charge in [-0.25, -0.2) is 0 Å². The number of nitrogens with zero attached hydrogens (tertiary/aromatic N) is 1. The van der Waals surface area contributed by atoms with Crippen molar-refractivity contribution >= 4 is 0 Å². The third-order valence-electron chi connectivity index (χ3n) is 4.31. The van der Waals surface area contributed by atoms with Crippen molar-refractivity contribution in [2.45, 2.75) is 45.1 Å². The zero-order valence-electron chi connectivity index (χ0n) is 10.3. The van der Waals surface area contributed by atoms with Crippen LogP contribution in [0.1, 0.15) is 39.0 Å². The fourth-order valence-corrected chi connectivity index (χ4v) is 3.38. The summed E-state index contributed by atoms with van der Waals surface area (Å²) in [6.45, 7) is 6.46. The van der Waals surface area contributed by atoms with Crippen LogP contribution in [0.15, 0.2) is 0 Å². The molecule has 0 radical (unpaired) electrons. The molecule has 3 unspecified atom stereocenters. The van der Waals surface area contributed by atoms with Gasteiger partial charge in [0.1, 0.15) is 0 Å². The molecule has 88 valence electrons. The lowest BCUT2D eigenvalue weighted by molar-refractivity contribution is 0.165. The molecule has 2 fully saturated rings. The van der Waals surface area contributed by atoms with Crippen LogP contribution in [0.2, 0.25) is 0 Å². The average molecular weight is 210 g/mol. The van der Waals surface area contributed by atoms with Crippen LogP contribution in [0.3, 0.4) is 0 Å². The molecule has 1 N–H and O–H groups in total. The van der Waals surface area contributed by atoms with E-state index in [0.717, 1.165) is 17.9 Å². The maximum absolute atomic E-state index is 3.52. The predicted molar refractivity (Wildman–Crippen MR) is 65.0 cm³/mol. The lowest BCUT2D eigenvalue weighted by Gasteiger charge is -2.37. The molecule has 1 aliphatic carbocycles. The van der Waals surface area contributed by atoms with E-state index in [-0.39, 0.29) is 0 Å². The summed E-state index contributed by atoms with van der Waals surface area (Å²) in [5.41, 5.74) is 0. The zero-order valence-corrected chi connectivity index (χ0v) is 10.3. The van der Waals surface area contributed by atoms with Gasteiger partial charge in [0.05, 0.1) is 0 Å². The summed E-state index contributed by atoms with van der Waals surface area (Å²) in [4.78, 5) is 2.67. The minimum Gasteiger partial charge on any atom is -0.317 e. The number of likely N-dealkylation sites (tertiary alicyclic amines) is 1. The summed E-state index contributed by atoms with van der Waals surface area (Å²) < 4.78 is 0. The van der Waals surface area contributed by atoms with Crippen molar-refractivity contribution in [1.82, 2.24) is 10.2 Å². The third-order valence-corrected chi connectivity index (χ3v) is 4.31. The van der Waals surface area contributed by atoms with Crippen molar-refractivity contribution in [3.8, 4) is 0 Å². The summed E-state index contributed by atoms with van der Waals surface area (Å²) in [5.74, 6) is 1.85. The van der Waals surface area contributed by atoms with Crippen molar-refractivity contribution in [2.24, 2.45) is 11.8 Å². The summed E-state index contributed by atoms with van der Waals surface area (Å²) in [7, 11) is 2.14. The standard InChI is InChI=1S/C13H26N2/c1-11-5-6-13(14-2)12(9-11)10-15-7-3-4-8-15/h11-14H,3-10H2,1-2H3. The van der Waals surface area contributed by atoms with Gasteiger partial charge in [-0.15, -0.1) is 0 Å². The van der Waals surface area contributed by atoms with E-state index >= 15 is 0 Å². The van der Waals surface area contributed by atoms with Crippen LogP contribution in [-0.4, -0.2) is 37.6 Å². The molecule has 3 atom stereocenters. The van der Waals surface area contributed by atoms with E-state index in [4.69, 9.17) is 0 Å². The van der Waals surface area contributed by atoms with E-state index in [9.17, 15) is 0 Å². The number of rotatable bonds is 3. The molecule has 0 amide bonds. The minimum absolute atomic E-state index is 0.779. The molecule has 0 aromatic rings. The quantitative estimate of drug-likeness (QED) is 0.767. The van der Waals surface area contributed by atoms with Gasteiger partial charge in [-0.3, -0.25) is 0 Å². The first-order valence-corrected chi connectivity index (χ1v) is 6.69. The predicted octanol–water partition coefficient (Wildman–Crippen LogP) is 2.11. The minimum atomic E-state index is 0.779. The SMILES string of the molecule is CNC1CCC(C)CC1CN1CCCC1. The fourth-order valence-electron chi connectivity index (χ4n) is 3.38. The Kier molecular flexibility index (Phi) is 4.04. The highest BCUT2D eigenvalue weighted by Crippen LogP contribution is 2.30. The van der Waals surface area contributed by atoms with E-state index in [2.05, 4.69) is 24.2 Å². The monoisotopic (exact) mass is 210 g/mol. The van der Waals surface area contributed by atoms with Crippen LogP contribution in [0.5, 0.6) is 0 Å². The molecule has 1 heterocycles. The largest absolute Gasteiger partial charge is 0.317 e. The van der Waals surface area contributed by atoms with Crippen LogP contribution in [-0.2, 0) is 0 Å². The van der Waals surface area contributed by atoms with Crippen LogP contribution in [0.4, 0.5) is 0 Å². The number of nitrogens with one attached hydrogen (secondary N) is 1. The second-order valence-corrected chi connectivity index (χ2v) is 5.58. The summed E-state index contributed by atoms with van der Waals surface area (Å²) in [6.07, 6.45) is 7.08. The Bertz CT molecular complexity index is 187. The molecule has 2 rings (SSSR count). The maximum Gasteiger partial charge on any atom is 0.0105 e. The molecule has 2 nitrogen and oxygen atoms in total. The van der Waals surface area contributed by atoms with Gasteiger partial charge in [-0.05, 0) is 64.1 Å². The topological polar surface area (TPSA) is 15.3 Å². The highest BCUT2D eigenvalue weighted by molar-refractivity contribution is 4.85. The van der Waals surface area contributed by atoms with Crippen molar-refractivity contribution in [2.75, 3.05) is 26.7 Å². The van der Waals surface area contributed by atoms with Gasteiger partial charge in [0.2, 0.25) is 0 Å². The molecule has 15 heavy (non-hydrogen) atoms.